The fourth-order valence-electron chi connectivity index (χ4n) is 2.77. The van der Waals surface area contributed by atoms with Gasteiger partial charge in [-0.25, -0.2) is 0 Å². The Labute approximate surface area is 187 Å². The molecular formula is C20H13F6NO3S2. The highest BCUT2D eigenvalue weighted by molar-refractivity contribution is 8.19. The Bertz CT molecular complexity index is 1100. The van der Waals surface area contributed by atoms with Gasteiger partial charge in [-0.2, -0.15) is 26.3 Å². The minimum atomic E-state index is -4.99. The van der Waals surface area contributed by atoms with Gasteiger partial charge in [0, 0.05) is 17.2 Å². The molecule has 1 saturated heterocycles. The van der Waals surface area contributed by atoms with Crippen molar-refractivity contribution >= 4 is 40.3 Å². The van der Waals surface area contributed by atoms with Crippen LogP contribution in [0.1, 0.15) is 22.3 Å². The van der Waals surface area contributed by atoms with E-state index in [4.69, 9.17) is 21.7 Å². The Morgan fingerprint density at radius 1 is 1.06 bits per heavy atom. The lowest BCUT2D eigenvalue weighted by Gasteiger charge is -2.17. The Hall–Kier alpha value is -2.73. The number of carbonyl (C=O) groups is 1. The van der Waals surface area contributed by atoms with Gasteiger partial charge < -0.3 is 14.8 Å². The van der Waals surface area contributed by atoms with Crippen LogP contribution in [0, 0.1) is 0 Å². The van der Waals surface area contributed by atoms with Gasteiger partial charge in [0.15, 0.2) is 0 Å². The second-order valence-corrected chi connectivity index (χ2v) is 7.84. The Morgan fingerprint density at radius 3 is 2.34 bits per heavy atom. The van der Waals surface area contributed by atoms with Gasteiger partial charge >= 0.3 is 12.4 Å². The lowest BCUT2D eigenvalue weighted by molar-refractivity contribution is -0.143. The molecule has 0 atom stereocenters. The maximum absolute atomic E-state index is 13.3. The van der Waals surface area contributed by atoms with Gasteiger partial charge in [-0.1, -0.05) is 18.3 Å². The molecule has 0 unspecified atom stereocenters. The van der Waals surface area contributed by atoms with Crippen molar-refractivity contribution in [3.8, 4) is 11.5 Å². The number of methoxy groups -OCH3 is 1. The number of thioether (sulfide) groups is 1. The van der Waals surface area contributed by atoms with Crippen molar-refractivity contribution in [2.24, 2.45) is 0 Å². The predicted octanol–water partition coefficient (Wildman–Crippen LogP) is 6.44. The van der Waals surface area contributed by atoms with Crippen molar-refractivity contribution < 1.29 is 40.6 Å². The molecule has 0 aromatic heterocycles. The van der Waals surface area contributed by atoms with Crippen LogP contribution in [0.3, 0.4) is 0 Å². The minimum absolute atomic E-state index is 0.0616. The number of nitrogens with one attached hydrogen (secondary N) is 1. The van der Waals surface area contributed by atoms with Crippen molar-refractivity contribution in [1.29, 1.82) is 0 Å². The van der Waals surface area contributed by atoms with E-state index in [1.807, 2.05) is 0 Å². The van der Waals surface area contributed by atoms with Crippen LogP contribution in [0.2, 0.25) is 0 Å². The first-order valence-electron chi connectivity index (χ1n) is 8.71. The van der Waals surface area contributed by atoms with Gasteiger partial charge in [0.1, 0.15) is 23.1 Å². The van der Waals surface area contributed by atoms with E-state index in [0.29, 0.717) is 22.3 Å². The second-order valence-electron chi connectivity index (χ2n) is 6.41. The number of hydrogen-bond donors (Lipinski definition) is 1. The standard InChI is InChI=1S/C20H13F6NO3S2/c1-29-15-8-13(5-3-10(15)6-16-17(31)27-18(28)32-16)30-9-11-2-4-12(19(21,22)23)7-14(11)20(24,25)26/h2-8H,9H2,1H3,(H,27,28,31). The molecule has 1 amide bonds. The normalized spacial score (nSPS) is 15.8. The average Bonchev–Trinajstić information content (AvgIpc) is 3.02. The second kappa shape index (κ2) is 9.02. The summed E-state index contributed by atoms with van der Waals surface area (Å²) in [7, 11) is 1.36. The molecule has 0 spiro atoms. The molecule has 2 aromatic carbocycles. The molecule has 0 aliphatic carbocycles. The summed E-state index contributed by atoms with van der Waals surface area (Å²) in [5.41, 5.74) is -2.74. The lowest BCUT2D eigenvalue weighted by atomic mass is 10.0. The maximum atomic E-state index is 13.3. The van der Waals surface area contributed by atoms with Gasteiger partial charge in [-0.15, -0.1) is 0 Å². The van der Waals surface area contributed by atoms with Crippen LogP contribution in [-0.2, 0) is 19.0 Å². The summed E-state index contributed by atoms with van der Waals surface area (Å²) < 4.78 is 88.9. The third kappa shape index (κ3) is 5.54. The quantitative estimate of drug-likeness (QED) is 0.295. The average molecular weight is 493 g/mol. The van der Waals surface area contributed by atoms with Crippen molar-refractivity contribution in [3.05, 3.63) is 63.6 Å². The van der Waals surface area contributed by atoms with Crippen LogP contribution in [0.5, 0.6) is 11.5 Å². The third-order valence-electron chi connectivity index (χ3n) is 4.27. The van der Waals surface area contributed by atoms with Crippen LogP contribution in [0.25, 0.3) is 6.08 Å². The summed E-state index contributed by atoms with van der Waals surface area (Å²) in [5, 5.41) is 2.14. The first-order chi connectivity index (χ1) is 14.9. The first kappa shape index (κ1) is 23.9. The SMILES string of the molecule is COc1cc(OCc2ccc(C(F)(F)F)cc2C(F)(F)F)ccc1C=C1SC(=O)NC1=S. The molecule has 4 nitrogen and oxygen atoms in total. The van der Waals surface area contributed by atoms with E-state index < -0.39 is 35.6 Å². The van der Waals surface area contributed by atoms with E-state index >= 15 is 0 Å². The number of benzene rings is 2. The number of carbonyl (C=O) groups excluding carboxylic acids is 1. The van der Waals surface area contributed by atoms with Gasteiger partial charge in [0.25, 0.3) is 5.24 Å². The zero-order chi connectivity index (χ0) is 23.7. The monoisotopic (exact) mass is 493 g/mol. The molecule has 1 fully saturated rings. The molecular weight excluding hydrogens is 480 g/mol. The zero-order valence-corrected chi connectivity index (χ0v) is 17.7. The fraction of sp³-hybridized carbons (Fsp3) is 0.200. The van der Waals surface area contributed by atoms with Crippen LogP contribution in [-0.4, -0.2) is 17.3 Å². The van der Waals surface area contributed by atoms with Crippen molar-refractivity contribution in [2.45, 2.75) is 19.0 Å². The van der Waals surface area contributed by atoms with E-state index in [0.717, 1.165) is 17.8 Å². The van der Waals surface area contributed by atoms with Crippen LogP contribution in [0.4, 0.5) is 31.1 Å². The minimum Gasteiger partial charge on any atom is -0.496 e. The Morgan fingerprint density at radius 2 is 1.78 bits per heavy atom. The van der Waals surface area contributed by atoms with E-state index in [2.05, 4.69) is 5.32 Å². The number of amides is 1. The Balaban J connectivity index is 1.84. The molecule has 1 aliphatic heterocycles. The van der Waals surface area contributed by atoms with Gasteiger partial charge in [-0.05, 0) is 42.1 Å². The van der Waals surface area contributed by atoms with Gasteiger partial charge in [0.2, 0.25) is 0 Å². The molecule has 0 bridgehead atoms. The predicted molar refractivity (Wildman–Crippen MR) is 110 cm³/mol. The first-order valence-corrected chi connectivity index (χ1v) is 9.94. The molecule has 12 heteroatoms. The molecule has 0 radical (unpaired) electrons. The van der Waals surface area contributed by atoms with E-state index in [-0.39, 0.29) is 22.0 Å². The van der Waals surface area contributed by atoms with E-state index in [9.17, 15) is 31.1 Å². The van der Waals surface area contributed by atoms with Gasteiger partial charge in [0.05, 0.1) is 23.1 Å². The van der Waals surface area contributed by atoms with Crippen LogP contribution in [0.15, 0.2) is 41.3 Å². The molecule has 2 aromatic rings. The summed E-state index contributed by atoms with van der Waals surface area (Å²) >= 11 is 5.95. The molecule has 1 aliphatic rings. The van der Waals surface area contributed by atoms with Crippen LogP contribution < -0.4 is 14.8 Å². The van der Waals surface area contributed by atoms with Crippen molar-refractivity contribution in [1.82, 2.24) is 5.32 Å². The molecule has 32 heavy (non-hydrogen) atoms. The largest absolute Gasteiger partial charge is 0.496 e. The lowest BCUT2D eigenvalue weighted by Crippen LogP contribution is -2.15. The van der Waals surface area contributed by atoms with Crippen molar-refractivity contribution in [3.63, 3.8) is 0 Å². The number of hydrogen-bond acceptors (Lipinski definition) is 5. The number of alkyl halides is 6. The highest BCUT2D eigenvalue weighted by Crippen LogP contribution is 2.38. The fourth-order valence-corrected chi connectivity index (χ4v) is 3.79. The molecule has 0 saturated carbocycles. The zero-order valence-electron chi connectivity index (χ0n) is 16.1. The van der Waals surface area contributed by atoms with E-state index in [1.165, 1.54) is 19.2 Å². The number of ether oxygens (including phenoxy) is 2. The smallest absolute Gasteiger partial charge is 0.416 e. The summed E-state index contributed by atoms with van der Waals surface area (Å²) in [5.74, 6) is 0.425. The molecule has 1 N–H and O–H groups in total. The number of halogens is 6. The summed E-state index contributed by atoms with van der Waals surface area (Å²) in [6.45, 7) is -0.616. The summed E-state index contributed by atoms with van der Waals surface area (Å²) in [4.78, 5) is 12.1. The summed E-state index contributed by atoms with van der Waals surface area (Å²) in [6, 6.07) is 5.77. The Kier molecular flexibility index (Phi) is 6.75. The number of rotatable bonds is 5. The third-order valence-corrected chi connectivity index (χ3v) is 5.55. The highest BCUT2D eigenvalue weighted by atomic mass is 32.2. The highest BCUT2D eigenvalue weighted by Gasteiger charge is 2.38. The molecule has 3 rings (SSSR count). The van der Waals surface area contributed by atoms with Gasteiger partial charge in [-0.3, -0.25) is 4.79 Å². The van der Waals surface area contributed by atoms with E-state index in [1.54, 1.807) is 12.1 Å². The molecule has 170 valence electrons. The summed E-state index contributed by atoms with van der Waals surface area (Å²) in [6.07, 6.45) is -8.29. The molecule has 1 heterocycles. The maximum Gasteiger partial charge on any atom is 0.416 e. The van der Waals surface area contributed by atoms with Crippen LogP contribution >= 0.6 is 24.0 Å². The number of thiocarbonyl (C=S) groups is 1. The topological polar surface area (TPSA) is 47.6 Å². The van der Waals surface area contributed by atoms with Crippen molar-refractivity contribution in [2.75, 3.05) is 7.11 Å².